The number of rotatable bonds is 6. The molecule has 2 aliphatic heterocycles. The Labute approximate surface area is 182 Å². The Morgan fingerprint density at radius 2 is 2.00 bits per heavy atom. The number of anilines is 1. The molecule has 1 amide bonds. The van der Waals surface area contributed by atoms with Gasteiger partial charge >= 0.3 is 0 Å². The molecule has 1 fully saturated rings. The van der Waals surface area contributed by atoms with Crippen LogP contribution in [0.15, 0.2) is 41.4 Å². The third-order valence-corrected chi connectivity index (χ3v) is 5.50. The average molecular weight is 424 g/mol. The van der Waals surface area contributed by atoms with Crippen LogP contribution in [0.1, 0.15) is 17.5 Å². The molecule has 30 heavy (non-hydrogen) atoms. The summed E-state index contributed by atoms with van der Waals surface area (Å²) in [5.41, 5.74) is 3.24. The van der Waals surface area contributed by atoms with Crippen molar-refractivity contribution in [3.8, 4) is 5.75 Å². The van der Waals surface area contributed by atoms with Crippen molar-refractivity contribution in [2.24, 2.45) is 4.99 Å². The topological polar surface area (TPSA) is 63.2 Å². The van der Waals surface area contributed by atoms with Crippen LogP contribution in [0.4, 0.5) is 5.69 Å². The van der Waals surface area contributed by atoms with Crippen LogP contribution in [-0.4, -0.2) is 70.4 Å². The molecule has 0 bridgehead atoms. The molecule has 2 aromatic carbocycles. The van der Waals surface area contributed by atoms with Gasteiger partial charge < -0.3 is 14.8 Å². The minimum Gasteiger partial charge on any atom is -0.494 e. The molecule has 4 rings (SSSR count). The molecule has 0 spiro atoms. The Morgan fingerprint density at radius 1 is 1.20 bits per heavy atom. The predicted molar refractivity (Wildman–Crippen MR) is 120 cm³/mol. The fourth-order valence-corrected chi connectivity index (χ4v) is 3.85. The maximum atomic E-state index is 12.2. The minimum absolute atomic E-state index is 0.0187. The number of halogens is 1. The highest BCUT2D eigenvalue weighted by Crippen LogP contribution is 2.28. The summed E-state index contributed by atoms with van der Waals surface area (Å²) < 4.78 is 11.3. The van der Waals surface area contributed by atoms with Crippen LogP contribution in [0.2, 0.25) is 5.02 Å². The minimum atomic E-state index is -0.193. The van der Waals surface area contributed by atoms with E-state index in [4.69, 9.17) is 28.9 Å². The lowest BCUT2D eigenvalue weighted by Crippen LogP contribution is -2.37. The first kappa shape index (κ1) is 20.9. The van der Waals surface area contributed by atoms with Gasteiger partial charge in [-0.2, -0.15) is 0 Å². The molecule has 8 heteroatoms. The van der Waals surface area contributed by atoms with Crippen LogP contribution >= 0.6 is 11.6 Å². The number of hydrogen-bond acceptors (Lipinski definition) is 5. The van der Waals surface area contributed by atoms with E-state index >= 15 is 0 Å². The number of amides is 1. The molecule has 154 valence electrons. The molecule has 2 radical (unpaired) electrons. The van der Waals surface area contributed by atoms with Crippen LogP contribution in [0, 0.1) is 0 Å². The Kier molecular flexibility index (Phi) is 6.72. The number of nitrogens with zero attached hydrogens (tertiary/aromatic N) is 2. The standard InChI is InChI=1S/C22H23BClN3O3/c23-17-12-16-19(13-20(17)30-9-3-6-27-7-10-29-11-8-27)26-21(28)14-25-22(16)15-4-1-2-5-18(15)24/h1-2,4-5,12-13H,3,6-11,14H2,(H,26,28). The van der Waals surface area contributed by atoms with Crippen LogP contribution in [-0.2, 0) is 9.53 Å². The summed E-state index contributed by atoms with van der Waals surface area (Å²) in [5.74, 6) is 0.359. The lowest BCUT2D eigenvalue weighted by atomic mass is 9.89. The molecule has 0 aromatic heterocycles. The molecule has 0 unspecified atom stereocenters. The van der Waals surface area contributed by atoms with Crippen molar-refractivity contribution in [3.05, 3.63) is 52.5 Å². The second kappa shape index (κ2) is 9.64. The number of benzodiazepines with no additional fused rings is 1. The van der Waals surface area contributed by atoms with E-state index < -0.39 is 0 Å². The van der Waals surface area contributed by atoms with Crippen molar-refractivity contribution in [2.75, 3.05) is 51.3 Å². The van der Waals surface area contributed by atoms with Crippen LogP contribution in [0.3, 0.4) is 0 Å². The number of carbonyl (C=O) groups excluding carboxylic acids is 1. The zero-order valence-electron chi connectivity index (χ0n) is 16.7. The van der Waals surface area contributed by atoms with Crippen molar-refractivity contribution in [3.63, 3.8) is 0 Å². The van der Waals surface area contributed by atoms with Crippen molar-refractivity contribution in [2.45, 2.75) is 6.42 Å². The highest BCUT2D eigenvalue weighted by molar-refractivity contribution is 6.38. The first-order chi connectivity index (χ1) is 14.6. The second-order valence-corrected chi connectivity index (χ2v) is 7.69. The van der Waals surface area contributed by atoms with Gasteiger partial charge in [-0.1, -0.05) is 41.3 Å². The third kappa shape index (κ3) is 4.86. The van der Waals surface area contributed by atoms with Crippen molar-refractivity contribution in [1.82, 2.24) is 4.90 Å². The van der Waals surface area contributed by atoms with Crippen molar-refractivity contribution >= 4 is 42.2 Å². The number of ether oxygens (including phenoxy) is 2. The second-order valence-electron chi connectivity index (χ2n) is 7.28. The molecule has 1 saturated heterocycles. The van der Waals surface area contributed by atoms with E-state index in [0.717, 1.165) is 50.4 Å². The first-order valence-electron chi connectivity index (χ1n) is 10.1. The van der Waals surface area contributed by atoms with E-state index in [1.54, 1.807) is 18.2 Å². The summed E-state index contributed by atoms with van der Waals surface area (Å²) in [6.45, 7) is 4.99. The summed E-state index contributed by atoms with van der Waals surface area (Å²) in [6, 6.07) is 11.0. The van der Waals surface area contributed by atoms with Gasteiger partial charge in [-0.25, -0.2) is 0 Å². The van der Waals surface area contributed by atoms with E-state index in [-0.39, 0.29) is 12.5 Å². The molecule has 0 aliphatic carbocycles. The zero-order valence-corrected chi connectivity index (χ0v) is 17.5. The maximum absolute atomic E-state index is 12.2. The average Bonchev–Trinajstić information content (AvgIpc) is 2.90. The monoisotopic (exact) mass is 423 g/mol. The number of morpholine rings is 1. The Morgan fingerprint density at radius 3 is 2.80 bits per heavy atom. The van der Waals surface area contributed by atoms with Crippen molar-refractivity contribution in [1.29, 1.82) is 0 Å². The Hall–Kier alpha value is -2.35. The number of hydrogen-bond donors (Lipinski definition) is 1. The molecule has 1 N–H and O–H groups in total. The van der Waals surface area contributed by atoms with Gasteiger partial charge in [-0.3, -0.25) is 14.7 Å². The van der Waals surface area contributed by atoms with Gasteiger partial charge in [0, 0.05) is 41.9 Å². The lowest BCUT2D eigenvalue weighted by Gasteiger charge is -2.26. The van der Waals surface area contributed by atoms with Gasteiger partial charge in [0.2, 0.25) is 5.91 Å². The van der Waals surface area contributed by atoms with Gasteiger partial charge in [-0.05, 0) is 12.5 Å². The molecular formula is C22H23BClN3O3. The predicted octanol–water partition coefficient (Wildman–Crippen LogP) is 2.02. The van der Waals surface area contributed by atoms with Gasteiger partial charge in [0.15, 0.2) is 0 Å². The lowest BCUT2D eigenvalue weighted by molar-refractivity contribution is -0.114. The summed E-state index contributed by atoms with van der Waals surface area (Å²) >= 11 is 6.38. The number of carbonyl (C=O) groups is 1. The quantitative estimate of drug-likeness (QED) is 0.570. The van der Waals surface area contributed by atoms with E-state index in [1.807, 2.05) is 18.2 Å². The molecule has 2 heterocycles. The molecule has 6 nitrogen and oxygen atoms in total. The SMILES string of the molecule is [B]c1cc2c(cc1OCCCN1CCOCC1)NC(=O)CN=C2c1ccccc1Cl. The van der Waals surface area contributed by atoms with E-state index in [9.17, 15) is 4.79 Å². The maximum Gasteiger partial charge on any atom is 0.246 e. The summed E-state index contributed by atoms with van der Waals surface area (Å²) in [4.78, 5) is 19.0. The van der Waals surface area contributed by atoms with Crippen LogP contribution < -0.4 is 15.5 Å². The fourth-order valence-electron chi connectivity index (χ4n) is 3.63. The summed E-state index contributed by atoms with van der Waals surface area (Å²) in [6.07, 6.45) is 0.884. The van der Waals surface area contributed by atoms with Crippen LogP contribution in [0.25, 0.3) is 0 Å². The van der Waals surface area contributed by atoms with Crippen LogP contribution in [0.5, 0.6) is 5.75 Å². The van der Waals surface area contributed by atoms with E-state index in [0.29, 0.717) is 34.2 Å². The third-order valence-electron chi connectivity index (χ3n) is 5.17. The number of nitrogens with one attached hydrogen (secondary N) is 1. The highest BCUT2D eigenvalue weighted by atomic mass is 35.5. The molecule has 0 saturated carbocycles. The normalized spacial score (nSPS) is 17.0. The van der Waals surface area contributed by atoms with E-state index in [1.165, 1.54) is 0 Å². The Balaban J connectivity index is 1.52. The molecule has 2 aromatic rings. The first-order valence-corrected chi connectivity index (χ1v) is 10.5. The highest BCUT2D eigenvalue weighted by Gasteiger charge is 2.21. The number of fused-ring (bicyclic) bond motifs is 1. The van der Waals surface area contributed by atoms with E-state index in [2.05, 4.69) is 15.2 Å². The molecule has 2 aliphatic rings. The number of benzene rings is 2. The largest absolute Gasteiger partial charge is 0.494 e. The zero-order chi connectivity index (χ0) is 20.9. The molecule has 0 atom stereocenters. The molecular weight excluding hydrogens is 401 g/mol. The van der Waals surface area contributed by atoms with Gasteiger partial charge in [0.05, 0.1) is 31.2 Å². The summed E-state index contributed by atoms with van der Waals surface area (Å²) in [7, 11) is 6.28. The number of aliphatic imine (C=N–C) groups is 1. The fraction of sp³-hybridized carbons (Fsp3) is 0.364. The van der Waals surface area contributed by atoms with Gasteiger partial charge in [-0.15, -0.1) is 0 Å². The summed E-state index contributed by atoms with van der Waals surface area (Å²) in [5, 5.41) is 3.47. The van der Waals surface area contributed by atoms with Gasteiger partial charge in [0.1, 0.15) is 20.1 Å². The van der Waals surface area contributed by atoms with Crippen molar-refractivity contribution < 1.29 is 14.3 Å². The smallest absolute Gasteiger partial charge is 0.246 e. The Bertz CT molecular complexity index is 961. The van der Waals surface area contributed by atoms with Gasteiger partial charge in [0.25, 0.3) is 0 Å².